The van der Waals surface area contributed by atoms with Gasteiger partial charge in [0.2, 0.25) is 5.91 Å². The van der Waals surface area contributed by atoms with Crippen LogP contribution < -0.4 is 5.32 Å². The first-order valence-corrected chi connectivity index (χ1v) is 11.0. The monoisotopic (exact) mass is 422 g/mol. The normalized spacial score (nSPS) is 14.2. The molecule has 1 N–H and O–H groups in total. The highest BCUT2D eigenvalue weighted by Crippen LogP contribution is 2.26. The van der Waals surface area contributed by atoms with Crippen LogP contribution in [0.5, 0.6) is 0 Å². The van der Waals surface area contributed by atoms with Crippen molar-refractivity contribution in [2.24, 2.45) is 0 Å². The minimum absolute atomic E-state index is 0.0692. The molecule has 2 aromatic rings. The maximum Gasteiger partial charge on any atom is 0.252 e. The Morgan fingerprint density at radius 2 is 1.77 bits per heavy atom. The molecule has 1 saturated heterocycles. The number of thioether (sulfide) groups is 1. The van der Waals surface area contributed by atoms with Gasteiger partial charge >= 0.3 is 0 Å². The van der Waals surface area contributed by atoms with E-state index in [1.807, 2.05) is 53.4 Å². The smallest absolute Gasteiger partial charge is 0.252 e. The molecule has 3 rings (SSSR count). The summed E-state index contributed by atoms with van der Waals surface area (Å²) in [4.78, 5) is 29.2. The summed E-state index contributed by atoms with van der Waals surface area (Å²) in [6, 6.07) is 17.3. The van der Waals surface area contributed by atoms with E-state index in [-0.39, 0.29) is 11.8 Å². The fourth-order valence-electron chi connectivity index (χ4n) is 3.33. The molecule has 156 valence electrons. The van der Waals surface area contributed by atoms with Crippen molar-refractivity contribution in [3.8, 4) is 6.07 Å². The predicted molar refractivity (Wildman–Crippen MR) is 118 cm³/mol. The van der Waals surface area contributed by atoms with Gasteiger partial charge in [-0.1, -0.05) is 24.3 Å². The highest BCUT2D eigenvalue weighted by atomic mass is 32.2. The molecule has 1 heterocycles. The Bertz CT molecular complexity index is 916. The average molecular weight is 423 g/mol. The summed E-state index contributed by atoms with van der Waals surface area (Å²) in [5.41, 5.74) is 2.43. The zero-order chi connectivity index (χ0) is 21.3. The molecule has 6 nitrogen and oxygen atoms in total. The molecule has 2 aromatic carbocycles. The number of rotatable bonds is 7. The maximum absolute atomic E-state index is 12.7. The van der Waals surface area contributed by atoms with Gasteiger partial charge in [-0.15, -0.1) is 11.8 Å². The molecule has 7 heteroatoms. The number of amides is 2. The van der Waals surface area contributed by atoms with Crippen LogP contribution in [0.2, 0.25) is 0 Å². The lowest BCUT2D eigenvalue weighted by molar-refractivity contribution is -0.130. The second-order valence-electron chi connectivity index (χ2n) is 7.20. The molecule has 0 saturated carbocycles. The first-order chi connectivity index (χ1) is 14.6. The number of nitrogens with zero attached hydrogens (tertiary/aromatic N) is 3. The van der Waals surface area contributed by atoms with Crippen molar-refractivity contribution in [2.75, 3.05) is 39.3 Å². The number of benzene rings is 2. The molecule has 0 aromatic heterocycles. The van der Waals surface area contributed by atoms with E-state index in [9.17, 15) is 9.59 Å². The van der Waals surface area contributed by atoms with Gasteiger partial charge in [0, 0.05) is 56.8 Å². The number of hydrogen-bond donors (Lipinski definition) is 1. The van der Waals surface area contributed by atoms with E-state index in [0.29, 0.717) is 17.7 Å². The first-order valence-electron chi connectivity index (χ1n) is 10.0. The van der Waals surface area contributed by atoms with Crippen LogP contribution in [0.15, 0.2) is 53.4 Å². The lowest BCUT2D eigenvalue weighted by atomic mass is 10.2. The standard InChI is InChI=1S/C23H26N4O2S/c1-18(28)27-14-12-26(13-15-27)11-10-25-23(29)21-4-2-3-5-22(21)30-17-20-8-6-19(16-24)7-9-20/h2-9H,10-15,17H2,1H3,(H,25,29). The SMILES string of the molecule is CC(=O)N1CCN(CCNC(=O)c2ccccc2SCc2ccc(C#N)cc2)CC1. The minimum atomic E-state index is -0.0692. The summed E-state index contributed by atoms with van der Waals surface area (Å²) in [5.74, 6) is 0.787. The van der Waals surface area contributed by atoms with Crippen molar-refractivity contribution >= 4 is 23.6 Å². The summed E-state index contributed by atoms with van der Waals surface area (Å²) in [6.07, 6.45) is 0. The van der Waals surface area contributed by atoms with E-state index in [2.05, 4.69) is 16.3 Å². The highest BCUT2D eigenvalue weighted by molar-refractivity contribution is 7.98. The van der Waals surface area contributed by atoms with E-state index in [0.717, 1.165) is 48.9 Å². The molecule has 2 amide bonds. The van der Waals surface area contributed by atoms with Gasteiger partial charge in [-0.2, -0.15) is 5.26 Å². The quantitative estimate of drug-likeness (QED) is 0.695. The summed E-state index contributed by atoms with van der Waals surface area (Å²) in [7, 11) is 0. The van der Waals surface area contributed by atoms with E-state index in [1.165, 1.54) is 0 Å². The second kappa shape index (κ2) is 10.8. The second-order valence-corrected chi connectivity index (χ2v) is 8.21. The van der Waals surface area contributed by atoms with Gasteiger partial charge in [0.25, 0.3) is 5.91 Å². The molecule has 1 aliphatic heterocycles. The fraction of sp³-hybridized carbons (Fsp3) is 0.348. The third-order valence-electron chi connectivity index (χ3n) is 5.14. The fourth-order valence-corrected chi connectivity index (χ4v) is 4.33. The van der Waals surface area contributed by atoms with Crippen LogP contribution >= 0.6 is 11.8 Å². The zero-order valence-electron chi connectivity index (χ0n) is 17.1. The van der Waals surface area contributed by atoms with E-state index in [1.54, 1.807) is 18.7 Å². The summed E-state index contributed by atoms with van der Waals surface area (Å²) in [5, 5.41) is 11.9. The van der Waals surface area contributed by atoms with Gasteiger partial charge in [-0.3, -0.25) is 14.5 Å². The van der Waals surface area contributed by atoms with Crippen LogP contribution in [0.4, 0.5) is 0 Å². The summed E-state index contributed by atoms with van der Waals surface area (Å²) in [6.45, 7) is 6.13. The third-order valence-corrected chi connectivity index (χ3v) is 6.28. The van der Waals surface area contributed by atoms with E-state index < -0.39 is 0 Å². The van der Waals surface area contributed by atoms with Gasteiger partial charge in [-0.25, -0.2) is 0 Å². The highest BCUT2D eigenvalue weighted by Gasteiger charge is 2.18. The Kier molecular flexibility index (Phi) is 7.89. The van der Waals surface area contributed by atoms with Crippen LogP contribution in [0.25, 0.3) is 0 Å². The van der Waals surface area contributed by atoms with Crippen LogP contribution in [0.3, 0.4) is 0 Å². The molecule has 0 aliphatic carbocycles. The Balaban J connectivity index is 1.49. The van der Waals surface area contributed by atoms with Gasteiger partial charge in [0.15, 0.2) is 0 Å². The Morgan fingerprint density at radius 1 is 1.07 bits per heavy atom. The number of nitriles is 1. The molecular weight excluding hydrogens is 396 g/mol. The largest absolute Gasteiger partial charge is 0.351 e. The van der Waals surface area contributed by atoms with E-state index in [4.69, 9.17) is 5.26 Å². The molecule has 0 spiro atoms. The number of carbonyl (C=O) groups excluding carboxylic acids is 2. The van der Waals surface area contributed by atoms with Crippen molar-refractivity contribution in [2.45, 2.75) is 17.6 Å². The third kappa shape index (κ3) is 6.09. The van der Waals surface area contributed by atoms with Crippen LogP contribution in [0, 0.1) is 11.3 Å². The number of carbonyl (C=O) groups is 2. The Labute approximate surface area is 181 Å². The van der Waals surface area contributed by atoms with Crippen molar-refractivity contribution in [1.82, 2.24) is 15.1 Å². The average Bonchev–Trinajstić information content (AvgIpc) is 2.78. The lowest BCUT2D eigenvalue weighted by Gasteiger charge is -2.34. The molecule has 1 aliphatic rings. The Hall–Kier alpha value is -2.82. The van der Waals surface area contributed by atoms with Crippen LogP contribution in [-0.2, 0) is 10.5 Å². The number of piperazine rings is 1. The molecule has 30 heavy (non-hydrogen) atoms. The molecule has 0 atom stereocenters. The van der Waals surface area contributed by atoms with Gasteiger partial charge < -0.3 is 10.2 Å². The molecule has 0 radical (unpaired) electrons. The molecular formula is C23H26N4O2S. The van der Waals surface area contributed by atoms with Crippen molar-refractivity contribution < 1.29 is 9.59 Å². The van der Waals surface area contributed by atoms with Crippen molar-refractivity contribution in [3.63, 3.8) is 0 Å². The Morgan fingerprint density at radius 3 is 2.43 bits per heavy atom. The van der Waals surface area contributed by atoms with Gasteiger partial charge in [0.05, 0.1) is 17.2 Å². The van der Waals surface area contributed by atoms with Gasteiger partial charge in [0.1, 0.15) is 0 Å². The maximum atomic E-state index is 12.7. The van der Waals surface area contributed by atoms with E-state index >= 15 is 0 Å². The molecule has 0 unspecified atom stereocenters. The summed E-state index contributed by atoms with van der Waals surface area (Å²) >= 11 is 1.61. The van der Waals surface area contributed by atoms with Gasteiger partial charge in [-0.05, 0) is 29.8 Å². The lowest BCUT2D eigenvalue weighted by Crippen LogP contribution is -2.49. The van der Waals surface area contributed by atoms with Crippen molar-refractivity contribution in [1.29, 1.82) is 5.26 Å². The number of nitrogens with one attached hydrogen (secondary N) is 1. The predicted octanol–water partition coefficient (Wildman–Crippen LogP) is 2.74. The zero-order valence-corrected chi connectivity index (χ0v) is 18.0. The molecule has 1 fully saturated rings. The number of hydrogen-bond acceptors (Lipinski definition) is 5. The topological polar surface area (TPSA) is 76.4 Å². The molecule has 0 bridgehead atoms. The minimum Gasteiger partial charge on any atom is -0.351 e. The van der Waals surface area contributed by atoms with Crippen molar-refractivity contribution in [3.05, 3.63) is 65.2 Å². The first kappa shape index (κ1) is 21.9. The summed E-state index contributed by atoms with van der Waals surface area (Å²) < 4.78 is 0. The van der Waals surface area contributed by atoms with Crippen LogP contribution in [-0.4, -0.2) is 60.9 Å². The van der Waals surface area contributed by atoms with Crippen LogP contribution in [0.1, 0.15) is 28.4 Å².